The largest absolute Gasteiger partial charge is 0.385 e. The van der Waals surface area contributed by atoms with Crippen LogP contribution in [0.5, 0.6) is 0 Å². The standard InChI is InChI=1S/C9H13N3/c1-10-8-6-11-5-7-3-2-4-12-9(7)8/h5-6,10,12H,2-4H2,1H3. The first-order valence-corrected chi connectivity index (χ1v) is 4.30. The van der Waals surface area contributed by atoms with E-state index in [1.54, 1.807) is 0 Å². The molecule has 2 N–H and O–H groups in total. The van der Waals surface area contributed by atoms with Crippen LogP contribution in [0, 0.1) is 0 Å². The Labute approximate surface area is 72.2 Å². The number of nitrogens with one attached hydrogen (secondary N) is 2. The smallest absolute Gasteiger partial charge is 0.0762 e. The molecule has 0 radical (unpaired) electrons. The van der Waals surface area contributed by atoms with E-state index in [9.17, 15) is 0 Å². The fourth-order valence-corrected chi connectivity index (χ4v) is 1.58. The van der Waals surface area contributed by atoms with E-state index in [1.165, 1.54) is 17.7 Å². The Bertz CT molecular complexity index is 269. The molecule has 0 spiro atoms. The molecule has 0 amide bonds. The molecule has 1 aliphatic rings. The van der Waals surface area contributed by atoms with Crippen molar-refractivity contribution in [2.45, 2.75) is 12.8 Å². The molecule has 1 aliphatic heterocycles. The highest BCUT2D eigenvalue weighted by Crippen LogP contribution is 2.28. The van der Waals surface area contributed by atoms with Crippen LogP contribution in [0.1, 0.15) is 12.0 Å². The zero-order valence-corrected chi connectivity index (χ0v) is 7.22. The summed E-state index contributed by atoms with van der Waals surface area (Å²) >= 11 is 0. The van der Waals surface area contributed by atoms with Crippen molar-refractivity contribution in [3.63, 3.8) is 0 Å². The van der Waals surface area contributed by atoms with Crippen molar-refractivity contribution in [3.8, 4) is 0 Å². The number of rotatable bonds is 1. The van der Waals surface area contributed by atoms with E-state index in [-0.39, 0.29) is 0 Å². The molecule has 0 atom stereocenters. The van der Waals surface area contributed by atoms with Crippen molar-refractivity contribution in [3.05, 3.63) is 18.0 Å². The Morgan fingerprint density at radius 2 is 2.42 bits per heavy atom. The first-order valence-electron chi connectivity index (χ1n) is 4.30. The topological polar surface area (TPSA) is 37.0 Å². The molecule has 0 bridgehead atoms. The third-order valence-electron chi connectivity index (χ3n) is 2.22. The number of hydrogen-bond acceptors (Lipinski definition) is 3. The lowest BCUT2D eigenvalue weighted by Gasteiger charge is -2.19. The quantitative estimate of drug-likeness (QED) is 0.658. The van der Waals surface area contributed by atoms with Crippen LogP contribution in [0.4, 0.5) is 11.4 Å². The van der Waals surface area contributed by atoms with Crippen LogP contribution < -0.4 is 10.6 Å². The maximum Gasteiger partial charge on any atom is 0.0762 e. The molecule has 0 unspecified atom stereocenters. The van der Waals surface area contributed by atoms with Gasteiger partial charge in [-0.2, -0.15) is 0 Å². The van der Waals surface area contributed by atoms with Gasteiger partial charge in [0.2, 0.25) is 0 Å². The number of fused-ring (bicyclic) bond motifs is 1. The van der Waals surface area contributed by atoms with Crippen molar-refractivity contribution < 1.29 is 0 Å². The zero-order valence-electron chi connectivity index (χ0n) is 7.22. The van der Waals surface area contributed by atoms with Gasteiger partial charge in [-0.15, -0.1) is 0 Å². The Kier molecular flexibility index (Phi) is 1.86. The molecule has 0 aliphatic carbocycles. The number of hydrogen-bond donors (Lipinski definition) is 2. The lowest BCUT2D eigenvalue weighted by molar-refractivity contribution is 0.825. The van der Waals surface area contributed by atoms with Gasteiger partial charge in [-0.05, 0) is 18.4 Å². The Morgan fingerprint density at radius 1 is 1.50 bits per heavy atom. The highest BCUT2D eigenvalue weighted by Gasteiger charge is 2.11. The Hall–Kier alpha value is -1.25. The molecule has 12 heavy (non-hydrogen) atoms. The van der Waals surface area contributed by atoms with Crippen LogP contribution in [0.2, 0.25) is 0 Å². The Balaban J connectivity index is 2.44. The fraction of sp³-hybridized carbons (Fsp3) is 0.444. The summed E-state index contributed by atoms with van der Waals surface area (Å²) in [6, 6.07) is 0. The molecule has 1 aromatic heterocycles. The SMILES string of the molecule is CNc1cncc2c1NCCC2. The van der Waals surface area contributed by atoms with Crippen molar-refractivity contribution in [1.29, 1.82) is 0 Å². The maximum atomic E-state index is 4.17. The number of aryl methyl sites for hydroxylation is 1. The molecule has 2 heterocycles. The van der Waals surface area contributed by atoms with E-state index in [4.69, 9.17) is 0 Å². The number of aromatic nitrogens is 1. The monoisotopic (exact) mass is 163 g/mol. The summed E-state index contributed by atoms with van der Waals surface area (Å²) in [7, 11) is 1.92. The predicted molar refractivity (Wildman–Crippen MR) is 50.6 cm³/mol. The van der Waals surface area contributed by atoms with E-state index in [2.05, 4.69) is 15.6 Å². The van der Waals surface area contributed by atoms with Gasteiger partial charge in [0, 0.05) is 19.8 Å². The average molecular weight is 163 g/mol. The van der Waals surface area contributed by atoms with Crippen LogP contribution in [0.3, 0.4) is 0 Å². The maximum absolute atomic E-state index is 4.17. The number of anilines is 2. The second-order valence-electron chi connectivity index (χ2n) is 3.00. The first kappa shape index (κ1) is 7.40. The third kappa shape index (κ3) is 1.11. The molecular formula is C9H13N3. The lowest BCUT2D eigenvalue weighted by atomic mass is 10.1. The van der Waals surface area contributed by atoms with E-state index < -0.39 is 0 Å². The van der Waals surface area contributed by atoms with E-state index in [0.29, 0.717) is 0 Å². The van der Waals surface area contributed by atoms with Gasteiger partial charge >= 0.3 is 0 Å². The molecule has 0 saturated carbocycles. The summed E-state index contributed by atoms with van der Waals surface area (Å²) in [6.45, 7) is 1.08. The summed E-state index contributed by atoms with van der Waals surface area (Å²) in [6.07, 6.45) is 6.16. The summed E-state index contributed by atoms with van der Waals surface area (Å²) in [5.74, 6) is 0. The molecule has 3 heteroatoms. The van der Waals surface area contributed by atoms with Crippen molar-refractivity contribution in [1.82, 2.24) is 4.98 Å². The van der Waals surface area contributed by atoms with Gasteiger partial charge in [-0.1, -0.05) is 0 Å². The van der Waals surface area contributed by atoms with E-state index in [0.717, 1.165) is 18.7 Å². The molecule has 3 nitrogen and oxygen atoms in total. The van der Waals surface area contributed by atoms with Crippen LogP contribution in [0.25, 0.3) is 0 Å². The average Bonchev–Trinajstić information content (AvgIpc) is 2.17. The predicted octanol–water partition coefficient (Wildman–Crippen LogP) is 1.48. The van der Waals surface area contributed by atoms with Crippen molar-refractivity contribution in [2.75, 3.05) is 24.2 Å². The van der Waals surface area contributed by atoms with Crippen LogP contribution in [0.15, 0.2) is 12.4 Å². The van der Waals surface area contributed by atoms with Gasteiger partial charge < -0.3 is 10.6 Å². The van der Waals surface area contributed by atoms with Gasteiger partial charge in [-0.3, -0.25) is 4.98 Å². The highest BCUT2D eigenvalue weighted by atomic mass is 15.0. The minimum atomic E-state index is 1.08. The fourth-order valence-electron chi connectivity index (χ4n) is 1.58. The summed E-state index contributed by atoms with van der Waals surface area (Å²) in [5.41, 5.74) is 3.67. The molecule has 0 fully saturated rings. The first-order chi connectivity index (χ1) is 5.92. The molecular weight excluding hydrogens is 150 g/mol. The summed E-state index contributed by atoms with van der Waals surface area (Å²) in [4.78, 5) is 4.17. The minimum Gasteiger partial charge on any atom is -0.385 e. The molecule has 2 rings (SSSR count). The molecule has 64 valence electrons. The van der Waals surface area contributed by atoms with Crippen molar-refractivity contribution in [2.24, 2.45) is 0 Å². The number of nitrogens with zero attached hydrogens (tertiary/aromatic N) is 1. The third-order valence-corrected chi connectivity index (χ3v) is 2.22. The van der Waals surface area contributed by atoms with Gasteiger partial charge in [0.1, 0.15) is 0 Å². The second kappa shape index (κ2) is 3.01. The lowest BCUT2D eigenvalue weighted by Crippen LogP contribution is -2.13. The van der Waals surface area contributed by atoms with E-state index >= 15 is 0 Å². The van der Waals surface area contributed by atoms with Gasteiger partial charge in [0.25, 0.3) is 0 Å². The summed E-state index contributed by atoms with van der Waals surface area (Å²) in [5, 5.41) is 6.51. The Morgan fingerprint density at radius 3 is 3.25 bits per heavy atom. The van der Waals surface area contributed by atoms with E-state index in [1.807, 2.05) is 19.4 Å². The second-order valence-corrected chi connectivity index (χ2v) is 3.00. The highest BCUT2D eigenvalue weighted by molar-refractivity contribution is 5.71. The molecule has 1 aromatic rings. The molecule has 0 aromatic carbocycles. The normalized spacial score (nSPS) is 14.8. The van der Waals surface area contributed by atoms with Gasteiger partial charge in [0.05, 0.1) is 17.6 Å². The van der Waals surface area contributed by atoms with Gasteiger partial charge in [-0.25, -0.2) is 0 Å². The zero-order chi connectivity index (χ0) is 8.39. The molecule has 0 saturated heterocycles. The van der Waals surface area contributed by atoms with Crippen molar-refractivity contribution >= 4 is 11.4 Å². The van der Waals surface area contributed by atoms with Crippen LogP contribution in [-0.2, 0) is 6.42 Å². The van der Waals surface area contributed by atoms with Gasteiger partial charge in [0.15, 0.2) is 0 Å². The minimum absolute atomic E-state index is 1.08. The summed E-state index contributed by atoms with van der Waals surface area (Å²) < 4.78 is 0. The number of pyridine rings is 1. The van der Waals surface area contributed by atoms with Crippen LogP contribution >= 0.6 is 0 Å². The van der Waals surface area contributed by atoms with Crippen LogP contribution in [-0.4, -0.2) is 18.6 Å².